The normalized spacial score (nSPS) is 10.1. The van der Waals surface area contributed by atoms with Crippen molar-refractivity contribution in [2.45, 2.75) is 13.3 Å². The van der Waals surface area contributed by atoms with Gasteiger partial charge >= 0.3 is 11.7 Å². The molecule has 2 aromatic rings. The Labute approximate surface area is 127 Å². The van der Waals surface area contributed by atoms with Gasteiger partial charge < -0.3 is 9.47 Å². The van der Waals surface area contributed by atoms with Crippen LogP contribution in [0.3, 0.4) is 0 Å². The lowest BCUT2D eigenvalue weighted by Gasteiger charge is -2.08. The lowest BCUT2D eigenvalue weighted by Crippen LogP contribution is -2.13. The summed E-state index contributed by atoms with van der Waals surface area (Å²) in [6, 6.07) is 11.5. The van der Waals surface area contributed by atoms with Gasteiger partial charge in [0.05, 0.1) is 24.5 Å². The molecule has 0 saturated carbocycles. The van der Waals surface area contributed by atoms with Crippen molar-refractivity contribution in [3.05, 3.63) is 63.7 Å². The molecular formula is C16H15NO5. The summed E-state index contributed by atoms with van der Waals surface area (Å²) in [4.78, 5) is 22.4. The molecule has 0 aliphatic carbocycles. The molecule has 6 heteroatoms. The van der Waals surface area contributed by atoms with Crippen molar-refractivity contribution in [2.75, 3.05) is 7.11 Å². The molecule has 0 amide bonds. The summed E-state index contributed by atoms with van der Waals surface area (Å²) >= 11 is 0. The molecule has 0 aliphatic rings. The summed E-state index contributed by atoms with van der Waals surface area (Å²) < 4.78 is 10.1. The Morgan fingerprint density at radius 1 is 1.23 bits per heavy atom. The molecule has 0 heterocycles. The maximum atomic E-state index is 12.0. The third kappa shape index (κ3) is 3.60. The number of esters is 1. The van der Waals surface area contributed by atoms with Crippen molar-refractivity contribution in [3.63, 3.8) is 0 Å². The number of rotatable bonds is 5. The van der Waals surface area contributed by atoms with Crippen molar-refractivity contribution in [1.82, 2.24) is 0 Å². The fraction of sp³-hybridized carbons (Fsp3) is 0.188. The van der Waals surface area contributed by atoms with Crippen molar-refractivity contribution >= 4 is 11.7 Å². The fourth-order valence-electron chi connectivity index (χ4n) is 1.98. The quantitative estimate of drug-likeness (QED) is 0.367. The van der Waals surface area contributed by atoms with E-state index in [0.29, 0.717) is 5.75 Å². The van der Waals surface area contributed by atoms with E-state index in [1.807, 2.05) is 31.2 Å². The van der Waals surface area contributed by atoms with Crippen molar-refractivity contribution in [1.29, 1.82) is 0 Å². The predicted molar refractivity (Wildman–Crippen MR) is 80.2 cm³/mol. The van der Waals surface area contributed by atoms with Crippen LogP contribution in [0, 0.1) is 17.0 Å². The highest BCUT2D eigenvalue weighted by Gasteiger charge is 2.19. The van der Waals surface area contributed by atoms with Crippen LogP contribution < -0.4 is 9.47 Å². The number of carbonyl (C=O) groups excluding carboxylic acids is 1. The Balaban J connectivity index is 2.18. The number of benzene rings is 2. The van der Waals surface area contributed by atoms with Gasteiger partial charge in [-0.05, 0) is 30.2 Å². The minimum absolute atomic E-state index is 0.0514. The van der Waals surface area contributed by atoms with E-state index >= 15 is 0 Å². The molecule has 0 fully saturated rings. The Morgan fingerprint density at radius 3 is 2.59 bits per heavy atom. The van der Waals surface area contributed by atoms with Gasteiger partial charge in [-0.2, -0.15) is 0 Å². The van der Waals surface area contributed by atoms with Crippen LogP contribution in [0.15, 0.2) is 42.5 Å². The summed E-state index contributed by atoms with van der Waals surface area (Å²) in [5.74, 6) is -0.322. The van der Waals surface area contributed by atoms with Gasteiger partial charge in [0.1, 0.15) is 5.75 Å². The van der Waals surface area contributed by atoms with Gasteiger partial charge in [-0.3, -0.25) is 14.9 Å². The first-order valence-corrected chi connectivity index (χ1v) is 6.59. The largest absolute Gasteiger partial charge is 0.496 e. The molecule has 0 aromatic heterocycles. The van der Waals surface area contributed by atoms with Crippen LogP contribution in [0.2, 0.25) is 0 Å². The third-order valence-electron chi connectivity index (χ3n) is 3.18. The van der Waals surface area contributed by atoms with Gasteiger partial charge in [0, 0.05) is 0 Å². The summed E-state index contributed by atoms with van der Waals surface area (Å²) in [6.07, 6.45) is 0.0514. The standard InChI is InChI=1S/C16H15NO5/c1-11-5-3-4-6-12(11)9-16(18)22-15-8-7-13(21-2)10-14(15)17(19)20/h3-8,10H,9H2,1-2H3. The van der Waals surface area contributed by atoms with E-state index in [1.165, 1.54) is 25.3 Å². The predicted octanol–water partition coefficient (Wildman–Crippen LogP) is 3.06. The second kappa shape index (κ2) is 6.71. The van der Waals surface area contributed by atoms with E-state index in [4.69, 9.17) is 9.47 Å². The first-order valence-electron chi connectivity index (χ1n) is 6.59. The summed E-state index contributed by atoms with van der Waals surface area (Å²) in [7, 11) is 1.41. The maximum absolute atomic E-state index is 12.0. The zero-order chi connectivity index (χ0) is 16.1. The number of nitro benzene ring substituents is 1. The van der Waals surface area contributed by atoms with Gasteiger partial charge in [0.2, 0.25) is 5.75 Å². The number of ether oxygens (including phenoxy) is 2. The molecule has 0 N–H and O–H groups in total. The fourth-order valence-corrected chi connectivity index (χ4v) is 1.98. The minimum Gasteiger partial charge on any atom is -0.496 e. The minimum atomic E-state index is -0.612. The molecule has 22 heavy (non-hydrogen) atoms. The Morgan fingerprint density at radius 2 is 1.95 bits per heavy atom. The summed E-state index contributed by atoms with van der Waals surface area (Å²) in [6.45, 7) is 1.89. The van der Waals surface area contributed by atoms with E-state index < -0.39 is 10.9 Å². The lowest BCUT2D eigenvalue weighted by molar-refractivity contribution is -0.385. The van der Waals surface area contributed by atoms with Gasteiger partial charge in [0.15, 0.2) is 0 Å². The average Bonchev–Trinajstić information content (AvgIpc) is 2.49. The number of nitrogens with zero attached hydrogens (tertiary/aromatic N) is 1. The Kier molecular flexibility index (Phi) is 4.73. The van der Waals surface area contributed by atoms with E-state index in [0.717, 1.165) is 11.1 Å². The monoisotopic (exact) mass is 301 g/mol. The van der Waals surface area contributed by atoms with Crippen LogP contribution in [0.4, 0.5) is 5.69 Å². The SMILES string of the molecule is COc1ccc(OC(=O)Cc2ccccc2C)c([N+](=O)[O-])c1. The molecule has 2 aromatic carbocycles. The molecular weight excluding hydrogens is 286 g/mol. The molecule has 0 spiro atoms. The molecule has 6 nitrogen and oxygen atoms in total. The molecule has 114 valence electrons. The van der Waals surface area contributed by atoms with E-state index in [-0.39, 0.29) is 17.9 Å². The van der Waals surface area contributed by atoms with Gasteiger partial charge in [-0.15, -0.1) is 0 Å². The Bertz CT molecular complexity index is 711. The van der Waals surface area contributed by atoms with Crippen molar-refractivity contribution in [2.24, 2.45) is 0 Å². The van der Waals surface area contributed by atoms with Crippen molar-refractivity contribution < 1.29 is 19.2 Å². The van der Waals surface area contributed by atoms with Crippen LogP contribution in [-0.4, -0.2) is 18.0 Å². The number of nitro groups is 1. The molecule has 0 radical (unpaired) electrons. The third-order valence-corrected chi connectivity index (χ3v) is 3.18. The summed E-state index contributed by atoms with van der Waals surface area (Å²) in [5.41, 5.74) is 1.48. The molecule has 0 unspecified atom stereocenters. The second-order valence-electron chi connectivity index (χ2n) is 4.67. The van der Waals surface area contributed by atoms with E-state index in [9.17, 15) is 14.9 Å². The molecule has 0 aliphatic heterocycles. The van der Waals surface area contributed by atoms with E-state index in [1.54, 1.807) is 0 Å². The van der Waals surface area contributed by atoms with Crippen LogP contribution in [0.5, 0.6) is 11.5 Å². The maximum Gasteiger partial charge on any atom is 0.315 e. The number of hydrogen-bond donors (Lipinski definition) is 0. The topological polar surface area (TPSA) is 78.7 Å². The van der Waals surface area contributed by atoms with Gasteiger partial charge in [0.25, 0.3) is 0 Å². The zero-order valence-electron chi connectivity index (χ0n) is 12.2. The van der Waals surface area contributed by atoms with Gasteiger partial charge in [-0.1, -0.05) is 24.3 Å². The highest BCUT2D eigenvalue weighted by atomic mass is 16.6. The zero-order valence-corrected chi connectivity index (χ0v) is 12.2. The average molecular weight is 301 g/mol. The van der Waals surface area contributed by atoms with Crippen LogP contribution >= 0.6 is 0 Å². The highest BCUT2D eigenvalue weighted by Crippen LogP contribution is 2.31. The smallest absolute Gasteiger partial charge is 0.315 e. The molecule has 0 saturated heterocycles. The van der Waals surface area contributed by atoms with E-state index in [2.05, 4.69) is 0 Å². The Hall–Kier alpha value is -2.89. The van der Waals surface area contributed by atoms with Crippen LogP contribution in [0.1, 0.15) is 11.1 Å². The second-order valence-corrected chi connectivity index (χ2v) is 4.67. The number of hydrogen-bond acceptors (Lipinski definition) is 5. The van der Waals surface area contributed by atoms with Crippen LogP contribution in [-0.2, 0) is 11.2 Å². The summed E-state index contributed by atoms with van der Waals surface area (Å²) in [5, 5.41) is 11.0. The van der Waals surface area contributed by atoms with Crippen molar-refractivity contribution in [3.8, 4) is 11.5 Å². The number of aryl methyl sites for hydroxylation is 1. The molecule has 2 rings (SSSR count). The first kappa shape index (κ1) is 15.5. The number of carbonyl (C=O) groups is 1. The lowest BCUT2D eigenvalue weighted by atomic mass is 10.1. The molecule has 0 bridgehead atoms. The van der Waals surface area contributed by atoms with Crippen LogP contribution in [0.25, 0.3) is 0 Å². The first-order chi connectivity index (χ1) is 10.5. The number of methoxy groups -OCH3 is 1. The van der Waals surface area contributed by atoms with Gasteiger partial charge in [-0.25, -0.2) is 0 Å². The highest BCUT2D eigenvalue weighted by molar-refractivity contribution is 5.77. The molecule has 0 atom stereocenters.